The van der Waals surface area contributed by atoms with Crippen molar-refractivity contribution >= 4 is 11.7 Å². The lowest BCUT2D eigenvalue weighted by Crippen LogP contribution is -2.42. The van der Waals surface area contributed by atoms with Gasteiger partial charge in [-0.25, -0.2) is 9.97 Å². The second kappa shape index (κ2) is 6.76. The van der Waals surface area contributed by atoms with E-state index in [1.165, 1.54) is 5.56 Å². The Kier molecular flexibility index (Phi) is 4.31. The number of pyridine rings is 1. The van der Waals surface area contributed by atoms with Crippen LogP contribution in [-0.2, 0) is 17.8 Å². The highest BCUT2D eigenvalue weighted by Gasteiger charge is 2.28. The molecule has 0 spiro atoms. The van der Waals surface area contributed by atoms with Crippen molar-refractivity contribution in [3.63, 3.8) is 0 Å². The van der Waals surface area contributed by atoms with E-state index in [1.807, 2.05) is 12.1 Å². The molecule has 0 radical (unpaired) electrons. The third-order valence-corrected chi connectivity index (χ3v) is 4.96. The minimum absolute atomic E-state index is 0.108. The molecule has 2 aliphatic heterocycles. The van der Waals surface area contributed by atoms with E-state index in [0.717, 1.165) is 56.0 Å². The van der Waals surface area contributed by atoms with Crippen molar-refractivity contribution < 1.29 is 4.79 Å². The molecule has 7 nitrogen and oxygen atoms in total. The maximum absolute atomic E-state index is 11.7. The zero-order valence-electron chi connectivity index (χ0n) is 14.1. The van der Waals surface area contributed by atoms with Gasteiger partial charge in [-0.2, -0.15) is 0 Å². The van der Waals surface area contributed by atoms with Gasteiger partial charge in [0.1, 0.15) is 5.82 Å². The molecule has 0 bridgehead atoms. The van der Waals surface area contributed by atoms with Gasteiger partial charge in [0.25, 0.3) is 0 Å². The van der Waals surface area contributed by atoms with Crippen molar-refractivity contribution in [3.05, 3.63) is 35.8 Å². The predicted octanol–water partition coefficient (Wildman–Crippen LogP) is 0.886. The topological polar surface area (TPSA) is 97.0 Å². The number of piperidine rings is 1. The number of nitrogens with two attached hydrogens (primary N) is 1. The van der Waals surface area contributed by atoms with Crippen molar-refractivity contribution in [2.45, 2.75) is 25.8 Å². The van der Waals surface area contributed by atoms with Crippen LogP contribution in [0.1, 0.15) is 24.1 Å². The Morgan fingerprint density at radius 2 is 2.28 bits per heavy atom. The fraction of sp³-hybridized carbons (Fsp3) is 0.444. The summed E-state index contributed by atoms with van der Waals surface area (Å²) in [5, 5.41) is 3.38. The Hall–Kier alpha value is -2.54. The van der Waals surface area contributed by atoms with Gasteiger partial charge in [0.15, 0.2) is 5.82 Å². The van der Waals surface area contributed by atoms with E-state index >= 15 is 0 Å². The molecule has 1 unspecified atom stereocenters. The molecule has 1 amide bonds. The van der Waals surface area contributed by atoms with E-state index in [4.69, 9.17) is 15.7 Å². The van der Waals surface area contributed by atoms with E-state index in [9.17, 15) is 4.79 Å². The summed E-state index contributed by atoms with van der Waals surface area (Å²) in [6.07, 6.45) is 6.23. The second-order valence-corrected chi connectivity index (χ2v) is 6.65. The van der Waals surface area contributed by atoms with E-state index in [2.05, 4.69) is 15.2 Å². The van der Waals surface area contributed by atoms with Crippen molar-refractivity contribution in [1.29, 1.82) is 0 Å². The molecule has 4 rings (SSSR count). The maximum atomic E-state index is 11.7. The number of anilines is 1. The Balaban J connectivity index is 1.76. The summed E-state index contributed by atoms with van der Waals surface area (Å²) in [5.41, 5.74) is 8.68. The lowest BCUT2D eigenvalue weighted by Gasteiger charge is -2.34. The molecule has 2 aliphatic rings. The molecule has 0 aromatic carbocycles. The van der Waals surface area contributed by atoms with Crippen molar-refractivity contribution in [2.24, 2.45) is 11.7 Å². The highest BCUT2D eigenvalue weighted by atomic mass is 16.1. The van der Waals surface area contributed by atoms with Crippen LogP contribution in [0.25, 0.3) is 11.4 Å². The zero-order valence-corrected chi connectivity index (χ0v) is 14.1. The Morgan fingerprint density at radius 3 is 3.08 bits per heavy atom. The quantitative estimate of drug-likeness (QED) is 0.862. The van der Waals surface area contributed by atoms with Gasteiger partial charge in [-0.1, -0.05) is 0 Å². The summed E-state index contributed by atoms with van der Waals surface area (Å²) < 4.78 is 0. The van der Waals surface area contributed by atoms with E-state index < -0.39 is 0 Å². The fourth-order valence-electron chi connectivity index (χ4n) is 3.63. The minimum atomic E-state index is -0.221. The van der Waals surface area contributed by atoms with Gasteiger partial charge >= 0.3 is 0 Å². The first kappa shape index (κ1) is 16.0. The average Bonchev–Trinajstić information content (AvgIpc) is 2.68. The van der Waals surface area contributed by atoms with Gasteiger partial charge in [0, 0.05) is 43.2 Å². The minimum Gasteiger partial charge on any atom is -0.369 e. The van der Waals surface area contributed by atoms with Crippen LogP contribution in [0.4, 0.5) is 5.82 Å². The SMILES string of the molecule is NC(=O)C1CCCN(c2nc(-c3cccnc3)nc3c2CCNC3)C1. The molecule has 3 N–H and O–H groups in total. The summed E-state index contributed by atoms with van der Waals surface area (Å²) in [4.78, 5) is 27.7. The molecule has 2 aromatic heterocycles. The molecule has 0 aliphatic carbocycles. The van der Waals surface area contributed by atoms with Gasteiger partial charge in [-0.05, 0) is 37.9 Å². The Morgan fingerprint density at radius 1 is 1.36 bits per heavy atom. The molecular formula is C18H22N6O. The number of nitrogens with one attached hydrogen (secondary N) is 1. The average molecular weight is 338 g/mol. The fourth-order valence-corrected chi connectivity index (χ4v) is 3.63. The predicted molar refractivity (Wildman–Crippen MR) is 94.8 cm³/mol. The van der Waals surface area contributed by atoms with Crippen LogP contribution >= 0.6 is 0 Å². The van der Waals surface area contributed by atoms with Crippen molar-refractivity contribution in [1.82, 2.24) is 20.3 Å². The van der Waals surface area contributed by atoms with Gasteiger partial charge in [0.2, 0.25) is 5.91 Å². The van der Waals surface area contributed by atoms with Crippen LogP contribution in [0.15, 0.2) is 24.5 Å². The van der Waals surface area contributed by atoms with Crippen LogP contribution in [0, 0.1) is 5.92 Å². The Labute approximate surface area is 146 Å². The molecule has 7 heteroatoms. The molecule has 1 fully saturated rings. The largest absolute Gasteiger partial charge is 0.369 e. The standard InChI is InChI=1S/C18H22N6O/c19-16(25)13-4-2-8-24(11-13)18-14-5-7-21-10-15(14)22-17(23-18)12-3-1-6-20-9-12/h1,3,6,9,13,21H,2,4-5,7-8,10-11H2,(H2,19,25). The van der Waals surface area contributed by atoms with E-state index in [1.54, 1.807) is 12.4 Å². The third-order valence-electron chi connectivity index (χ3n) is 4.96. The molecule has 130 valence electrons. The second-order valence-electron chi connectivity index (χ2n) is 6.65. The first-order chi connectivity index (χ1) is 12.2. The van der Waals surface area contributed by atoms with Crippen LogP contribution in [0.3, 0.4) is 0 Å². The molecule has 25 heavy (non-hydrogen) atoms. The first-order valence-corrected chi connectivity index (χ1v) is 8.77. The highest BCUT2D eigenvalue weighted by molar-refractivity contribution is 5.77. The molecule has 4 heterocycles. The number of carbonyl (C=O) groups is 1. The molecule has 0 saturated carbocycles. The van der Waals surface area contributed by atoms with Crippen LogP contribution in [-0.4, -0.2) is 40.5 Å². The number of hydrogen-bond donors (Lipinski definition) is 2. The number of carbonyl (C=O) groups excluding carboxylic acids is 1. The summed E-state index contributed by atoms with van der Waals surface area (Å²) in [6, 6.07) is 3.86. The lowest BCUT2D eigenvalue weighted by atomic mass is 9.96. The number of rotatable bonds is 3. The summed E-state index contributed by atoms with van der Waals surface area (Å²) in [7, 11) is 0. The number of nitrogens with zero attached hydrogens (tertiary/aromatic N) is 4. The van der Waals surface area contributed by atoms with E-state index in [0.29, 0.717) is 12.4 Å². The molecular weight excluding hydrogens is 316 g/mol. The number of fused-ring (bicyclic) bond motifs is 1. The number of primary amides is 1. The van der Waals surface area contributed by atoms with Gasteiger partial charge in [0.05, 0.1) is 11.6 Å². The zero-order chi connectivity index (χ0) is 17.2. The van der Waals surface area contributed by atoms with E-state index in [-0.39, 0.29) is 11.8 Å². The molecule has 2 aromatic rings. The number of amides is 1. The summed E-state index contributed by atoms with van der Waals surface area (Å²) >= 11 is 0. The molecule has 1 atom stereocenters. The van der Waals surface area contributed by atoms with Crippen LogP contribution < -0.4 is 16.0 Å². The number of aromatic nitrogens is 3. The normalized spacial score (nSPS) is 20.2. The highest BCUT2D eigenvalue weighted by Crippen LogP contribution is 2.30. The summed E-state index contributed by atoms with van der Waals surface area (Å²) in [5.74, 6) is 1.31. The lowest BCUT2D eigenvalue weighted by molar-refractivity contribution is -0.122. The molecule has 1 saturated heterocycles. The van der Waals surface area contributed by atoms with Gasteiger partial charge in [-0.3, -0.25) is 9.78 Å². The van der Waals surface area contributed by atoms with Crippen molar-refractivity contribution in [3.8, 4) is 11.4 Å². The smallest absolute Gasteiger partial charge is 0.222 e. The monoisotopic (exact) mass is 338 g/mol. The maximum Gasteiger partial charge on any atom is 0.222 e. The Bertz CT molecular complexity index is 779. The van der Waals surface area contributed by atoms with Crippen LogP contribution in [0.5, 0.6) is 0 Å². The van der Waals surface area contributed by atoms with Crippen molar-refractivity contribution in [2.75, 3.05) is 24.5 Å². The van der Waals surface area contributed by atoms with Crippen LogP contribution in [0.2, 0.25) is 0 Å². The van der Waals surface area contributed by atoms with Gasteiger partial charge in [-0.15, -0.1) is 0 Å². The number of hydrogen-bond acceptors (Lipinski definition) is 6. The third kappa shape index (κ3) is 3.19. The van der Waals surface area contributed by atoms with Gasteiger partial charge < -0.3 is 16.0 Å². The first-order valence-electron chi connectivity index (χ1n) is 8.77. The summed E-state index contributed by atoms with van der Waals surface area (Å²) in [6.45, 7) is 3.19.